The Morgan fingerprint density at radius 1 is 1.20 bits per heavy atom. The lowest BCUT2D eigenvalue weighted by atomic mass is 9.98. The Hall–Kier alpha value is -3.85. The molecule has 1 amide bonds. The predicted octanol–water partition coefficient (Wildman–Crippen LogP) is 1.98. The molecule has 4 heterocycles. The zero-order chi connectivity index (χ0) is 20.9. The molecular weight excluding hydrogens is 384 g/mol. The van der Waals surface area contributed by atoms with Gasteiger partial charge in [-0.05, 0) is 12.1 Å². The van der Waals surface area contributed by atoms with E-state index in [9.17, 15) is 9.90 Å². The van der Waals surface area contributed by atoms with Gasteiger partial charge in [0.25, 0.3) is 5.91 Å². The van der Waals surface area contributed by atoms with E-state index >= 15 is 0 Å². The Morgan fingerprint density at radius 2 is 2.03 bits per heavy atom. The molecule has 4 aromatic rings. The summed E-state index contributed by atoms with van der Waals surface area (Å²) in [6.07, 6.45) is 3.58. The maximum atomic E-state index is 12.3. The third-order valence-corrected chi connectivity index (χ3v) is 5.37. The molecule has 0 radical (unpaired) electrons. The first-order chi connectivity index (χ1) is 14.5. The molecule has 0 bridgehead atoms. The van der Waals surface area contributed by atoms with E-state index in [2.05, 4.69) is 20.1 Å². The number of rotatable bonds is 3. The minimum absolute atomic E-state index is 0.137. The van der Waals surface area contributed by atoms with Gasteiger partial charge >= 0.3 is 0 Å². The fraction of sp³-hybridized carbons (Fsp3) is 0.190. The number of nitrogens with zero attached hydrogens (tertiary/aromatic N) is 5. The predicted molar refractivity (Wildman–Crippen MR) is 109 cm³/mol. The van der Waals surface area contributed by atoms with E-state index in [1.165, 1.54) is 4.90 Å². The topological polar surface area (TPSA) is 131 Å². The first-order valence-corrected chi connectivity index (χ1v) is 9.39. The van der Waals surface area contributed by atoms with Gasteiger partial charge in [-0.3, -0.25) is 4.79 Å². The number of carbonyl (C=O) groups excluding carboxylic acids is 1. The number of carbonyl (C=O) groups is 1. The molecule has 9 nitrogen and oxygen atoms in total. The van der Waals surface area contributed by atoms with E-state index < -0.39 is 11.5 Å². The van der Waals surface area contributed by atoms with Crippen LogP contribution in [0.4, 0.5) is 5.82 Å². The number of pyridine rings is 1. The summed E-state index contributed by atoms with van der Waals surface area (Å²) in [4.78, 5) is 26.8. The lowest BCUT2D eigenvalue weighted by Crippen LogP contribution is -2.35. The number of benzene rings is 1. The molecule has 1 fully saturated rings. The van der Waals surface area contributed by atoms with Crippen LogP contribution in [-0.2, 0) is 10.4 Å². The molecule has 150 valence electrons. The maximum Gasteiger partial charge on any atom is 0.262 e. The average molecular weight is 402 g/mol. The molecule has 1 aliphatic rings. The second-order valence-corrected chi connectivity index (χ2v) is 7.32. The summed E-state index contributed by atoms with van der Waals surface area (Å²) in [6, 6.07) is 10.8. The monoisotopic (exact) mass is 402 g/mol. The van der Waals surface area contributed by atoms with Crippen molar-refractivity contribution < 1.29 is 14.4 Å². The molecule has 0 aliphatic carbocycles. The molecule has 1 aliphatic heterocycles. The zero-order valence-corrected chi connectivity index (χ0v) is 16.1. The van der Waals surface area contributed by atoms with Gasteiger partial charge in [-0.15, -0.1) is 0 Å². The smallest absolute Gasteiger partial charge is 0.262 e. The van der Waals surface area contributed by atoms with Crippen LogP contribution in [0.3, 0.4) is 0 Å². The second kappa shape index (κ2) is 6.60. The number of nitrogen functional groups attached to an aromatic ring is 1. The van der Waals surface area contributed by atoms with E-state index in [4.69, 9.17) is 10.3 Å². The van der Waals surface area contributed by atoms with Gasteiger partial charge in [-0.2, -0.15) is 0 Å². The number of hydrogen-bond donors (Lipinski definition) is 2. The Labute approximate surface area is 171 Å². The molecule has 1 aromatic carbocycles. The fourth-order valence-corrected chi connectivity index (χ4v) is 3.62. The van der Waals surface area contributed by atoms with Crippen molar-refractivity contribution in [1.82, 2.24) is 25.0 Å². The standard InChI is InChI=1S/C21H18N6O3/c1-27-8-6-21(29,20(27)28)16-10-15(26-30-16)12-3-2-4-13(9-12)19-24-11-14-5-7-23-18(22)17(14)25-19/h2-5,7,9-11,29H,6,8H2,1H3,(H2,22,23). The lowest BCUT2D eigenvalue weighted by Gasteiger charge is -2.16. The highest BCUT2D eigenvalue weighted by molar-refractivity contribution is 5.88. The van der Waals surface area contributed by atoms with Crippen molar-refractivity contribution in [3.63, 3.8) is 0 Å². The third-order valence-electron chi connectivity index (χ3n) is 5.37. The maximum absolute atomic E-state index is 12.3. The minimum atomic E-state index is -1.68. The van der Waals surface area contributed by atoms with Crippen LogP contribution in [0.5, 0.6) is 0 Å². The van der Waals surface area contributed by atoms with Gasteiger partial charge in [-0.1, -0.05) is 23.4 Å². The van der Waals surface area contributed by atoms with Crippen LogP contribution in [0.2, 0.25) is 0 Å². The van der Waals surface area contributed by atoms with E-state index in [-0.39, 0.29) is 12.2 Å². The van der Waals surface area contributed by atoms with Gasteiger partial charge < -0.3 is 20.3 Å². The molecule has 0 spiro atoms. The number of likely N-dealkylation sites (tertiary alicyclic amines) is 1. The quantitative estimate of drug-likeness (QED) is 0.532. The number of aromatic nitrogens is 4. The number of hydrogen-bond acceptors (Lipinski definition) is 8. The molecule has 1 atom stereocenters. The summed E-state index contributed by atoms with van der Waals surface area (Å²) in [5.41, 5.74) is 6.86. The van der Waals surface area contributed by atoms with E-state index in [1.807, 2.05) is 24.3 Å². The van der Waals surface area contributed by atoms with Crippen LogP contribution in [0, 0.1) is 0 Å². The summed E-state index contributed by atoms with van der Waals surface area (Å²) in [5.74, 6) is 0.583. The van der Waals surface area contributed by atoms with Crippen LogP contribution < -0.4 is 5.73 Å². The zero-order valence-electron chi connectivity index (χ0n) is 16.1. The number of likely N-dealkylation sites (N-methyl/N-ethyl adjacent to an activating group) is 1. The van der Waals surface area contributed by atoms with Crippen LogP contribution in [0.15, 0.2) is 53.3 Å². The van der Waals surface area contributed by atoms with Gasteiger partial charge in [0.15, 0.2) is 11.6 Å². The number of fused-ring (bicyclic) bond motifs is 1. The SMILES string of the molecule is CN1CCC(O)(c2cc(-c3cccc(-c4ncc5ccnc(N)c5n4)c3)no2)C1=O. The van der Waals surface area contributed by atoms with Gasteiger partial charge in [-0.25, -0.2) is 15.0 Å². The first-order valence-electron chi connectivity index (χ1n) is 9.39. The Balaban J connectivity index is 1.51. The van der Waals surface area contributed by atoms with Crippen LogP contribution >= 0.6 is 0 Å². The number of aliphatic hydroxyl groups is 1. The van der Waals surface area contributed by atoms with E-state index in [1.54, 1.807) is 31.6 Å². The highest BCUT2D eigenvalue weighted by Crippen LogP contribution is 2.35. The van der Waals surface area contributed by atoms with Crippen molar-refractivity contribution in [1.29, 1.82) is 0 Å². The second-order valence-electron chi connectivity index (χ2n) is 7.32. The van der Waals surface area contributed by atoms with E-state index in [0.29, 0.717) is 29.4 Å². The van der Waals surface area contributed by atoms with Crippen LogP contribution in [0.25, 0.3) is 33.5 Å². The average Bonchev–Trinajstić information content (AvgIpc) is 3.37. The highest BCUT2D eigenvalue weighted by Gasteiger charge is 2.48. The van der Waals surface area contributed by atoms with Crippen LogP contribution in [0.1, 0.15) is 12.2 Å². The van der Waals surface area contributed by atoms with Crippen molar-refractivity contribution in [3.05, 3.63) is 54.6 Å². The molecule has 1 unspecified atom stereocenters. The Morgan fingerprint density at radius 3 is 2.83 bits per heavy atom. The van der Waals surface area contributed by atoms with Crippen molar-refractivity contribution in [2.45, 2.75) is 12.0 Å². The summed E-state index contributed by atoms with van der Waals surface area (Å²) in [7, 11) is 1.65. The molecule has 3 aromatic heterocycles. The van der Waals surface area contributed by atoms with Crippen LogP contribution in [-0.4, -0.2) is 49.6 Å². The van der Waals surface area contributed by atoms with Gasteiger partial charge in [0.2, 0.25) is 5.60 Å². The molecule has 0 saturated carbocycles. The Kier molecular flexibility index (Phi) is 4.00. The van der Waals surface area contributed by atoms with Gasteiger partial charge in [0, 0.05) is 55.0 Å². The third kappa shape index (κ3) is 2.79. The number of nitrogens with two attached hydrogens (primary N) is 1. The van der Waals surface area contributed by atoms with Crippen molar-refractivity contribution >= 4 is 22.6 Å². The van der Waals surface area contributed by atoms with Gasteiger partial charge in [0.1, 0.15) is 17.0 Å². The minimum Gasteiger partial charge on any atom is -0.382 e. The summed E-state index contributed by atoms with van der Waals surface area (Å²) in [5, 5.41) is 15.6. The summed E-state index contributed by atoms with van der Waals surface area (Å²) < 4.78 is 5.34. The van der Waals surface area contributed by atoms with E-state index in [0.717, 1.165) is 16.5 Å². The largest absolute Gasteiger partial charge is 0.382 e. The molecule has 3 N–H and O–H groups in total. The molecule has 9 heteroatoms. The van der Waals surface area contributed by atoms with Crippen molar-refractivity contribution in [2.75, 3.05) is 19.3 Å². The first kappa shape index (κ1) is 18.2. The normalized spacial score (nSPS) is 19.0. The van der Waals surface area contributed by atoms with Crippen molar-refractivity contribution in [2.24, 2.45) is 0 Å². The summed E-state index contributed by atoms with van der Waals surface area (Å²) >= 11 is 0. The molecule has 30 heavy (non-hydrogen) atoms. The number of anilines is 1. The fourth-order valence-electron chi connectivity index (χ4n) is 3.62. The highest BCUT2D eigenvalue weighted by atomic mass is 16.5. The lowest BCUT2D eigenvalue weighted by molar-refractivity contribution is -0.144. The molecule has 1 saturated heterocycles. The summed E-state index contributed by atoms with van der Waals surface area (Å²) in [6.45, 7) is 0.456. The molecular formula is C21H18N6O3. The van der Waals surface area contributed by atoms with Crippen molar-refractivity contribution in [3.8, 4) is 22.6 Å². The number of amides is 1. The van der Waals surface area contributed by atoms with Gasteiger partial charge in [0.05, 0.1) is 0 Å². The molecule has 5 rings (SSSR count). The Bertz CT molecular complexity index is 1290.